The SMILES string of the molecule is CC(C)(C)OC(=O)[C@@H]1CCCN(C(=O)c2nn(-c3ccc(F)c(F)c3)c3c2CCC3)C1. The number of amides is 1. The Balaban J connectivity index is 1.59. The van der Waals surface area contributed by atoms with E-state index in [2.05, 4.69) is 5.10 Å². The second-order valence-corrected chi connectivity index (χ2v) is 9.26. The Morgan fingerprint density at radius 1 is 1.13 bits per heavy atom. The van der Waals surface area contributed by atoms with Crippen LogP contribution in [0.1, 0.15) is 61.8 Å². The lowest BCUT2D eigenvalue weighted by atomic mass is 9.97. The molecule has 1 aromatic heterocycles. The van der Waals surface area contributed by atoms with Crippen molar-refractivity contribution in [3.8, 4) is 5.69 Å². The minimum Gasteiger partial charge on any atom is -0.460 e. The standard InChI is InChI=1S/C23H27F2N3O3/c1-23(2,3)31-22(30)14-6-5-11-27(13-14)21(29)20-16-7-4-8-19(16)28(26-20)15-9-10-17(24)18(25)12-15/h9-10,12,14H,4-8,11,13H2,1-3H3/t14-/m1/s1. The van der Waals surface area contributed by atoms with Crippen molar-refractivity contribution in [3.63, 3.8) is 0 Å². The number of halogens is 2. The number of nitrogens with zero attached hydrogens (tertiary/aromatic N) is 3. The predicted molar refractivity (Wildman–Crippen MR) is 110 cm³/mol. The summed E-state index contributed by atoms with van der Waals surface area (Å²) in [6.07, 6.45) is 3.69. The van der Waals surface area contributed by atoms with Crippen LogP contribution in [0.2, 0.25) is 0 Å². The first-order valence-electron chi connectivity index (χ1n) is 10.7. The molecule has 2 heterocycles. The first kappa shape index (κ1) is 21.5. The second kappa shape index (κ2) is 8.05. The van der Waals surface area contributed by atoms with Crippen molar-refractivity contribution in [2.75, 3.05) is 13.1 Å². The molecule has 0 bridgehead atoms. The highest BCUT2D eigenvalue weighted by atomic mass is 19.2. The Kier molecular flexibility index (Phi) is 5.58. The summed E-state index contributed by atoms with van der Waals surface area (Å²) in [5.41, 5.74) is 1.86. The highest BCUT2D eigenvalue weighted by molar-refractivity contribution is 5.94. The van der Waals surface area contributed by atoms with Gasteiger partial charge in [0.1, 0.15) is 5.60 Å². The van der Waals surface area contributed by atoms with Crippen molar-refractivity contribution < 1.29 is 23.1 Å². The molecule has 31 heavy (non-hydrogen) atoms. The molecule has 1 aliphatic heterocycles. The Bertz CT molecular complexity index is 1030. The molecular weight excluding hydrogens is 404 g/mol. The van der Waals surface area contributed by atoms with E-state index >= 15 is 0 Å². The molecule has 1 aromatic carbocycles. The van der Waals surface area contributed by atoms with Crippen molar-refractivity contribution in [2.24, 2.45) is 5.92 Å². The maximum atomic E-state index is 13.8. The number of carbonyl (C=O) groups excluding carboxylic acids is 2. The second-order valence-electron chi connectivity index (χ2n) is 9.26. The Hall–Kier alpha value is -2.77. The molecule has 1 saturated heterocycles. The third-order valence-corrected chi connectivity index (χ3v) is 5.73. The van der Waals surface area contributed by atoms with E-state index in [0.29, 0.717) is 43.7 Å². The van der Waals surface area contributed by atoms with Crippen molar-refractivity contribution >= 4 is 11.9 Å². The molecule has 1 aliphatic carbocycles. The van der Waals surface area contributed by atoms with Crippen LogP contribution in [-0.2, 0) is 22.4 Å². The molecule has 0 unspecified atom stereocenters. The van der Waals surface area contributed by atoms with Gasteiger partial charge in [-0.1, -0.05) is 0 Å². The van der Waals surface area contributed by atoms with Crippen LogP contribution in [0.3, 0.4) is 0 Å². The number of piperidine rings is 1. The maximum absolute atomic E-state index is 13.8. The van der Waals surface area contributed by atoms with Crippen LogP contribution in [0.5, 0.6) is 0 Å². The summed E-state index contributed by atoms with van der Waals surface area (Å²) in [4.78, 5) is 27.5. The molecule has 8 heteroatoms. The van der Waals surface area contributed by atoms with Crippen molar-refractivity contribution in [1.82, 2.24) is 14.7 Å². The zero-order chi connectivity index (χ0) is 22.3. The monoisotopic (exact) mass is 431 g/mol. The molecule has 1 atom stereocenters. The van der Waals surface area contributed by atoms with Gasteiger partial charge in [-0.15, -0.1) is 0 Å². The minimum absolute atomic E-state index is 0.229. The number of carbonyl (C=O) groups is 2. The summed E-state index contributed by atoms with van der Waals surface area (Å²) < 4.78 is 34.2. The van der Waals surface area contributed by atoms with Gasteiger partial charge in [-0.25, -0.2) is 13.5 Å². The number of ether oxygens (including phenoxy) is 1. The fourth-order valence-electron chi connectivity index (χ4n) is 4.33. The van der Waals surface area contributed by atoms with Gasteiger partial charge in [0.2, 0.25) is 0 Å². The highest BCUT2D eigenvalue weighted by Crippen LogP contribution is 2.30. The molecule has 2 aromatic rings. The van der Waals surface area contributed by atoms with Gasteiger partial charge in [0.15, 0.2) is 17.3 Å². The first-order valence-corrected chi connectivity index (χ1v) is 10.7. The summed E-state index contributed by atoms with van der Waals surface area (Å²) in [7, 11) is 0. The molecule has 0 saturated carbocycles. The third kappa shape index (κ3) is 4.34. The number of rotatable bonds is 3. The molecule has 1 fully saturated rings. The van der Waals surface area contributed by atoms with Crippen LogP contribution in [0, 0.1) is 17.6 Å². The molecular formula is C23H27F2N3O3. The molecule has 6 nitrogen and oxygen atoms in total. The van der Waals surface area contributed by atoms with Crippen LogP contribution in [0.25, 0.3) is 5.69 Å². The fourth-order valence-corrected chi connectivity index (χ4v) is 4.33. The lowest BCUT2D eigenvalue weighted by Gasteiger charge is -2.33. The quantitative estimate of drug-likeness (QED) is 0.693. The smallest absolute Gasteiger partial charge is 0.311 e. The van der Waals surface area contributed by atoms with E-state index in [1.807, 2.05) is 20.8 Å². The van der Waals surface area contributed by atoms with Gasteiger partial charge in [-0.2, -0.15) is 5.10 Å². The van der Waals surface area contributed by atoms with Crippen molar-refractivity contribution in [3.05, 3.63) is 46.8 Å². The van der Waals surface area contributed by atoms with Crippen LogP contribution in [0.15, 0.2) is 18.2 Å². The number of fused-ring (bicyclic) bond motifs is 1. The number of hydrogen-bond acceptors (Lipinski definition) is 4. The number of likely N-dealkylation sites (tertiary alicyclic amines) is 1. The maximum Gasteiger partial charge on any atom is 0.311 e. The molecule has 0 spiro atoms. The van der Waals surface area contributed by atoms with Crippen LogP contribution in [0.4, 0.5) is 8.78 Å². The van der Waals surface area contributed by atoms with Gasteiger partial charge in [0, 0.05) is 30.4 Å². The average Bonchev–Trinajstić information content (AvgIpc) is 3.31. The fraction of sp³-hybridized carbons (Fsp3) is 0.522. The van der Waals surface area contributed by atoms with Gasteiger partial charge >= 0.3 is 5.97 Å². The van der Waals surface area contributed by atoms with E-state index in [9.17, 15) is 18.4 Å². The molecule has 4 rings (SSSR count). The van der Waals surface area contributed by atoms with E-state index in [0.717, 1.165) is 36.2 Å². The van der Waals surface area contributed by atoms with Gasteiger partial charge in [0.05, 0.1) is 11.6 Å². The van der Waals surface area contributed by atoms with Crippen molar-refractivity contribution in [2.45, 2.75) is 58.5 Å². The van der Waals surface area contributed by atoms with E-state index < -0.39 is 17.2 Å². The van der Waals surface area contributed by atoms with Gasteiger partial charge in [0.25, 0.3) is 5.91 Å². The molecule has 2 aliphatic rings. The van der Waals surface area contributed by atoms with Crippen LogP contribution < -0.4 is 0 Å². The zero-order valence-corrected chi connectivity index (χ0v) is 18.1. The number of esters is 1. The lowest BCUT2D eigenvalue weighted by molar-refractivity contribution is -0.161. The van der Waals surface area contributed by atoms with E-state index in [-0.39, 0.29) is 17.8 Å². The molecule has 1 amide bonds. The Labute approximate surface area is 180 Å². The van der Waals surface area contributed by atoms with E-state index in [1.165, 1.54) is 6.07 Å². The summed E-state index contributed by atoms with van der Waals surface area (Å²) in [5, 5.41) is 4.50. The lowest BCUT2D eigenvalue weighted by Crippen LogP contribution is -2.44. The minimum atomic E-state index is -0.955. The third-order valence-electron chi connectivity index (χ3n) is 5.73. The van der Waals surface area contributed by atoms with Gasteiger partial charge in [-0.3, -0.25) is 9.59 Å². The predicted octanol–water partition coefficient (Wildman–Crippen LogP) is 3.83. The largest absolute Gasteiger partial charge is 0.460 e. The average molecular weight is 431 g/mol. The zero-order valence-electron chi connectivity index (χ0n) is 18.1. The normalized spacial score (nSPS) is 18.7. The topological polar surface area (TPSA) is 64.4 Å². The number of hydrogen-bond donors (Lipinski definition) is 0. The van der Waals surface area contributed by atoms with Gasteiger partial charge < -0.3 is 9.64 Å². The molecule has 0 radical (unpaired) electrons. The van der Waals surface area contributed by atoms with Crippen LogP contribution in [-0.4, -0.2) is 45.2 Å². The Morgan fingerprint density at radius 3 is 2.61 bits per heavy atom. The van der Waals surface area contributed by atoms with Gasteiger partial charge in [-0.05, 0) is 65.0 Å². The summed E-state index contributed by atoms with van der Waals surface area (Å²) in [6.45, 7) is 6.31. The highest BCUT2D eigenvalue weighted by Gasteiger charge is 2.35. The summed E-state index contributed by atoms with van der Waals surface area (Å²) >= 11 is 0. The molecule has 166 valence electrons. The Morgan fingerprint density at radius 2 is 1.90 bits per heavy atom. The van der Waals surface area contributed by atoms with Crippen LogP contribution >= 0.6 is 0 Å². The van der Waals surface area contributed by atoms with E-state index in [1.54, 1.807) is 9.58 Å². The first-order chi connectivity index (χ1) is 14.6. The summed E-state index contributed by atoms with van der Waals surface area (Å²) in [6, 6.07) is 3.61. The van der Waals surface area contributed by atoms with Crippen molar-refractivity contribution in [1.29, 1.82) is 0 Å². The molecule has 0 N–H and O–H groups in total. The van der Waals surface area contributed by atoms with E-state index in [4.69, 9.17) is 4.74 Å². The number of aromatic nitrogens is 2. The summed E-state index contributed by atoms with van der Waals surface area (Å²) in [5.74, 6) is -2.76. The number of benzene rings is 1.